The highest BCUT2D eigenvalue weighted by Gasteiger charge is 2.14. The summed E-state index contributed by atoms with van der Waals surface area (Å²) in [6, 6.07) is 14.7. The summed E-state index contributed by atoms with van der Waals surface area (Å²) in [6.45, 7) is 0. The van der Waals surface area contributed by atoms with Crippen molar-refractivity contribution >= 4 is 31.9 Å². The molecule has 2 nitrogen and oxygen atoms in total. The molecule has 0 aromatic heterocycles. The lowest BCUT2D eigenvalue weighted by atomic mass is 9.99. The average Bonchev–Trinajstić information content (AvgIpc) is 2.47. The van der Waals surface area contributed by atoms with Crippen molar-refractivity contribution in [1.82, 2.24) is 5.32 Å². The summed E-state index contributed by atoms with van der Waals surface area (Å²) in [4.78, 5) is 0. The zero-order chi connectivity index (χ0) is 14.5. The van der Waals surface area contributed by atoms with E-state index in [-0.39, 0.29) is 6.04 Å². The molecule has 0 bridgehead atoms. The molecule has 0 aliphatic carbocycles. The van der Waals surface area contributed by atoms with Crippen molar-refractivity contribution in [2.24, 2.45) is 0 Å². The van der Waals surface area contributed by atoms with Crippen LogP contribution in [0.3, 0.4) is 0 Å². The highest BCUT2D eigenvalue weighted by molar-refractivity contribution is 9.11. The van der Waals surface area contributed by atoms with Gasteiger partial charge in [-0.15, -0.1) is 0 Å². The van der Waals surface area contributed by atoms with Crippen LogP contribution in [-0.2, 0) is 6.42 Å². The van der Waals surface area contributed by atoms with Gasteiger partial charge in [-0.3, -0.25) is 0 Å². The zero-order valence-electron chi connectivity index (χ0n) is 11.5. The Kier molecular flexibility index (Phi) is 5.64. The van der Waals surface area contributed by atoms with Gasteiger partial charge in [0.1, 0.15) is 5.75 Å². The van der Waals surface area contributed by atoms with E-state index >= 15 is 0 Å². The number of hydrogen-bond acceptors (Lipinski definition) is 2. The number of ether oxygens (including phenoxy) is 1. The second-order valence-corrected chi connectivity index (χ2v) is 6.33. The van der Waals surface area contributed by atoms with Crippen molar-refractivity contribution in [2.45, 2.75) is 12.5 Å². The minimum absolute atomic E-state index is 0.244. The van der Waals surface area contributed by atoms with E-state index in [1.165, 1.54) is 11.1 Å². The van der Waals surface area contributed by atoms with Gasteiger partial charge in [0.15, 0.2) is 0 Å². The van der Waals surface area contributed by atoms with E-state index in [4.69, 9.17) is 4.74 Å². The normalized spacial score (nSPS) is 12.2. The van der Waals surface area contributed by atoms with Crippen LogP contribution in [0.25, 0.3) is 0 Å². The number of methoxy groups -OCH3 is 1. The molecule has 2 aromatic rings. The maximum atomic E-state index is 5.28. The van der Waals surface area contributed by atoms with E-state index in [0.717, 1.165) is 21.1 Å². The van der Waals surface area contributed by atoms with Crippen molar-refractivity contribution in [3.05, 3.63) is 62.5 Å². The lowest BCUT2D eigenvalue weighted by molar-refractivity contribution is 0.414. The molecule has 0 spiro atoms. The van der Waals surface area contributed by atoms with Gasteiger partial charge in [-0.2, -0.15) is 0 Å². The van der Waals surface area contributed by atoms with Crippen molar-refractivity contribution in [3.63, 3.8) is 0 Å². The first-order chi connectivity index (χ1) is 9.63. The second-order valence-electron chi connectivity index (χ2n) is 4.56. The smallest absolute Gasteiger partial charge is 0.119 e. The predicted octanol–water partition coefficient (Wildman–Crippen LogP) is 4.72. The molecule has 4 heteroatoms. The average molecular weight is 399 g/mol. The Hall–Kier alpha value is -0.840. The summed E-state index contributed by atoms with van der Waals surface area (Å²) < 4.78 is 7.48. The molecule has 0 heterocycles. The van der Waals surface area contributed by atoms with Gasteiger partial charge in [-0.1, -0.05) is 44.0 Å². The van der Waals surface area contributed by atoms with Crippen LogP contribution < -0.4 is 10.1 Å². The van der Waals surface area contributed by atoms with Crippen molar-refractivity contribution in [3.8, 4) is 5.75 Å². The Balaban J connectivity index is 2.26. The third kappa shape index (κ3) is 3.84. The molecule has 1 N–H and O–H groups in total. The number of rotatable bonds is 5. The van der Waals surface area contributed by atoms with Crippen LogP contribution in [0.5, 0.6) is 5.75 Å². The van der Waals surface area contributed by atoms with Gasteiger partial charge < -0.3 is 10.1 Å². The molecule has 2 rings (SSSR count). The third-order valence-corrected chi connectivity index (χ3v) is 4.47. The van der Waals surface area contributed by atoms with Gasteiger partial charge in [-0.25, -0.2) is 0 Å². The maximum Gasteiger partial charge on any atom is 0.119 e. The predicted molar refractivity (Wildman–Crippen MR) is 90.3 cm³/mol. The summed E-state index contributed by atoms with van der Waals surface area (Å²) in [6.07, 6.45) is 0.906. The van der Waals surface area contributed by atoms with Crippen LogP contribution in [0.4, 0.5) is 0 Å². The van der Waals surface area contributed by atoms with Crippen LogP contribution >= 0.6 is 31.9 Å². The Morgan fingerprint density at radius 3 is 2.65 bits per heavy atom. The van der Waals surface area contributed by atoms with Crippen molar-refractivity contribution < 1.29 is 4.74 Å². The quantitative estimate of drug-likeness (QED) is 0.786. The minimum atomic E-state index is 0.244. The Bertz CT molecular complexity index is 586. The van der Waals surface area contributed by atoms with Gasteiger partial charge in [0.25, 0.3) is 0 Å². The molecule has 0 aliphatic rings. The minimum Gasteiger partial charge on any atom is -0.497 e. The van der Waals surface area contributed by atoms with E-state index in [1.807, 2.05) is 25.2 Å². The summed E-state index contributed by atoms with van der Waals surface area (Å²) in [5.41, 5.74) is 2.49. The largest absolute Gasteiger partial charge is 0.497 e. The molecule has 0 radical (unpaired) electrons. The lowest BCUT2D eigenvalue weighted by Gasteiger charge is -2.19. The molecule has 0 aliphatic heterocycles. The van der Waals surface area contributed by atoms with E-state index < -0.39 is 0 Å². The van der Waals surface area contributed by atoms with Crippen LogP contribution in [0, 0.1) is 0 Å². The van der Waals surface area contributed by atoms with Crippen LogP contribution in [-0.4, -0.2) is 14.2 Å². The molecule has 1 atom stereocenters. The fourth-order valence-electron chi connectivity index (χ4n) is 2.18. The summed E-state index contributed by atoms with van der Waals surface area (Å²) in [7, 11) is 3.68. The van der Waals surface area contributed by atoms with Gasteiger partial charge >= 0.3 is 0 Å². The van der Waals surface area contributed by atoms with E-state index in [0.29, 0.717) is 0 Å². The molecule has 0 saturated heterocycles. The van der Waals surface area contributed by atoms with Gasteiger partial charge in [0.2, 0.25) is 0 Å². The molecule has 1 unspecified atom stereocenters. The van der Waals surface area contributed by atoms with Crippen LogP contribution in [0.1, 0.15) is 17.2 Å². The molecule has 0 fully saturated rings. The van der Waals surface area contributed by atoms with Gasteiger partial charge in [-0.05, 0) is 54.9 Å². The molecule has 20 heavy (non-hydrogen) atoms. The summed E-state index contributed by atoms with van der Waals surface area (Å²) in [5.74, 6) is 0.894. The number of hydrogen-bond donors (Lipinski definition) is 1. The molecule has 2 aromatic carbocycles. The fraction of sp³-hybridized carbons (Fsp3) is 0.250. The number of likely N-dealkylation sites (N-methyl/N-ethyl adjacent to an activating group) is 1. The summed E-state index contributed by atoms with van der Waals surface area (Å²) >= 11 is 7.16. The van der Waals surface area contributed by atoms with Crippen LogP contribution in [0.15, 0.2) is 51.4 Å². The SMILES string of the molecule is CNC(Cc1cccc(OC)c1)c1cc(Br)ccc1Br. The number of halogens is 2. The lowest BCUT2D eigenvalue weighted by Crippen LogP contribution is -2.19. The first-order valence-electron chi connectivity index (χ1n) is 6.39. The zero-order valence-corrected chi connectivity index (χ0v) is 14.7. The van der Waals surface area contributed by atoms with E-state index in [1.54, 1.807) is 7.11 Å². The number of nitrogens with one attached hydrogen (secondary N) is 1. The molecule has 0 amide bonds. The standard InChI is InChI=1S/C16H17Br2NO/c1-19-16(14-10-12(17)6-7-15(14)18)9-11-4-3-5-13(8-11)20-2/h3-8,10,16,19H,9H2,1-2H3. The molecular formula is C16H17Br2NO. The van der Waals surface area contributed by atoms with E-state index in [2.05, 4.69) is 61.4 Å². The molecule has 106 valence electrons. The first kappa shape index (κ1) is 15.5. The monoisotopic (exact) mass is 397 g/mol. The van der Waals surface area contributed by atoms with E-state index in [9.17, 15) is 0 Å². The Labute approximate surface area is 136 Å². The first-order valence-corrected chi connectivity index (χ1v) is 7.97. The Morgan fingerprint density at radius 1 is 1.15 bits per heavy atom. The second kappa shape index (κ2) is 7.25. The van der Waals surface area contributed by atoms with Gasteiger partial charge in [0, 0.05) is 15.0 Å². The topological polar surface area (TPSA) is 21.3 Å². The highest BCUT2D eigenvalue weighted by Crippen LogP contribution is 2.29. The maximum absolute atomic E-state index is 5.28. The highest BCUT2D eigenvalue weighted by atomic mass is 79.9. The number of benzene rings is 2. The van der Waals surface area contributed by atoms with Gasteiger partial charge in [0.05, 0.1) is 7.11 Å². The summed E-state index contributed by atoms with van der Waals surface area (Å²) in [5, 5.41) is 3.38. The fourth-order valence-corrected chi connectivity index (χ4v) is 3.09. The third-order valence-electron chi connectivity index (χ3n) is 3.26. The van der Waals surface area contributed by atoms with Crippen molar-refractivity contribution in [1.29, 1.82) is 0 Å². The Morgan fingerprint density at radius 2 is 1.95 bits per heavy atom. The van der Waals surface area contributed by atoms with Crippen LogP contribution in [0.2, 0.25) is 0 Å². The molecular weight excluding hydrogens is 382 g/mol. The van der Waals surface area contributed by atoms with Crippen molar-refractivity contribution in [2.75, 3.05) is 14.2 Å². The molecule has 0 saturated carbocycles.